The Bertz CT molecular complexity index is 663. The van der Waals surface area contributed by atoms with Crippen molar-refractivity contribution in [3.63, 3.8) is 0 Å². The number of amides is 1. The van der Waals surface area contributed by atoms with Gasteiger partial charge in [-0.2, -0.15) is 5.10 Å². The van der Waals surface area contributed by atoms with Crippen molar-refractivity contribution < 1.29 is 9.18 Å². The fourth-order valence-corrected chi connectivity index (χ4v) is 2.65. The van der Waals surface area contributed by atoms with Crippen molar-refractivity contribution in [2.24, 2.45) is 0 Å². The highest BCUT2D eigenvalue weighted by Crippen LogP contribution is 2.37. The summed E-state index contributed by atoms with van der Waals surface area (Å²) in [7, 11) is 0. The molecule has 1 aliphatic rings. The highest BCUT2D eigenvalue weighted by molar-refractivity contribution is 5.94. The van der Waals surface area contributed by atoms with Crippen LogP contribution in [-0.2, 0) is 4.79 Å². The van der Waals surface area contributed by atoms with Crippen molar-refractivity contribution in [2.45, 2.75) is 32.2 Å². The van der Waals surface area contributed by atoms with Gasteiger partial charge < -0.3 is 5.32 Å². The molecule has 1 aromatic carbocycles. The Kier molecular flexibility index (Phi) is 3.04. The fraction of sp³-hybridized carbons (Fsp3) is 0.333. The molecule has 3 rings (SSSR count). The van der Waals surface area contributed by atoms with Crippen molar-refractivity contribution in [3.8, 4) is 0 Å². The summed E-state index contributed by atoms with van der Waals surface area (Å²) < 4.78 is 15.2. The van der Waals surface area contributed by atoms with E-state index in [1.54, 1.807) is 16.9 Å². The summed E-state index contributed by atoms with van der Waals surface area (Å²) >= 11 is 0. The Hall–Kier alpha value is -2.17. The molecule has 0 fully saturated rings. The van der Waals surface area contributed by atoms with E-state index >= 15 is 0 Å². The molecule has 2 heterocycles. The van der Waals surface area contributed by atoms with E-state index in [2.05, 4.69) is 10.4 Å². The van der Waals surface area contributed by atoms with Gasteiger partial charge >= 0.3 is 0 Å². The number of carbonyl (C=O) groups excluding carboxylic acids is 1. The molecule has 0 bridgehead atoms. The summed E-state index contributed by atoms with van der Waals surface area (Å²) in [5, 5.41) is 7.21. The number of nitrogens with zero attached hydrogens (tertiary/aromatic N) is 2. The molecule has 0 saturated carbocycles. The summed E-state index contributed by atoms with van der Waals surface area (Å²) in [6.45, 7) is 4.01. The summed E-state index contributed by atoms with van der Waals surface area (Å²) in [5.74, 6) is 0.243. The zero-order valence-electron chi connectivity index (χ0n) is 11.4. The summed E-state index contributed by atoms with van der Waals surface area (Å²) in [5.41, 5.74) is 1.76. The molecule has 0 radical (unpaired) electrons. The van der Waals surface area contributed by atoms with Crippen LogP contribution >= 0.6 is 0 Å². The van der Waals surface area contributed by atoms with E-state index in [4.69, 9.17) is 0 Å². The Morgan fingerprint density at radius 3 is 2.95 bits per heavy atom. The van der Waals surface area contributed by atoms with Crippen LogP contribution < -0.4 is 5.32 Å². The topological polar surface area (TPSA) is 46.9 Å². The first-order chi connectivity index (χ1) is 9.56. The second kappa shape index (κ2) is 4.74. The van der Waals surface area contributed by atoms with Gasteiger partial charge in [0.2, 0.25) is 5.91 Å². The third-order valence-corrected chi connectivity index (χ3v) is 3.59. The largest absolute Gasteiger partial charge is 0.311 e. The molecule has 0 unspecified atom stereocenters. The number of aromatic nitrogens is 2. The molecule has 5 heteroatoms. The van der Waals surface area contributed by atoms with Gasteiger partial charge in [0.05, 0.1) is 6.20 Å². The first kappa shape index (κ1) is 12.8. The first-order valence-electron chi connectivity index (χ1n) is 6.69. The number of anilines is 1. The van der Waals surface area contributed by atoms with Gasteiger partial charge in [0, 0.05) is 23.9 Å². The number of fused-ring (bicyclic) bond motifs is 1. The first-order valence-corrected chi connectivity index (χ1v) is 6.69. The minimum absolute atomic E-state index is 0.0610. The molecule has 0 aliphatic carbocycles. The van der Waals surface area contributed by atoms with Crippen LogP contribution in [0, 0.1) is 5.82 Å². The Morgan fingerprint density at radius 2 is 2.25 bits per heavy atom. The van der Waals surface area contributed by atoms with E-state index in [1.807, 2.05) is 19.9 Å². The molecule has 0 spiro atoms. The van der Waals surface area contributed by atoms with Gasteiger partial charge in [-0.15, -0.1) is 0 Å². The Balaban J connectivity index is 2.09. The average Bonchev–Trinajstić information content (AvgIpc) is 2.81. The molecular formula is C15H16FN3O. The van der Waals surface area contributed by atoms with Gasteiger partial charge in [-0.25, -0.2) is 9.07 Å². The van der Waals surface area contributed by atoms with Crippen LogP contribution in [0.5, 0.6) is 0 Å². The van der Waals surface area contributed by atoms with Crippen LogP contribution in [0.25, 0.3) is 0 Å². The molecule has 1 atom stereocenters. The fourth-order valence-electron chi connectivity index (χ4n) is 2.65. The zero-order valence-corrected chi connectivity index (χ0v) is 11.4. The number of halogens is 1. The van der Waals surface area contributed by atoms with Gasteiger partial charge in [0.25, 0.3) is 0 Å². The minimum atomic E-state index is -0.286. The maximum Gasteiger partial charge on any atom is 0.226 e. The van der Waals surface area contributed by atoms with Crippen molar-refractivity contribution in [1.82, 2.24) is 9.78 Å². The van der Waals surface area contributed by atoms with Gasteiger partial charge in [-0.1, -0.05) is 12.1 Å². The number of hydrogen-bond acceptors (Lipinski definition) is 2. The zero-order chi connectivity index (χ0) is 14.3. The lowest BCUT2D eigenvalue weighted by molar-refractivity contribution is -0.116. The third kappa shape index (κ3) is 2.09. The molecular weight excluding hydrogens is 257 g/mol. The number of rotatable bonds is 2. The van der Waals surface area contributed by atoms with Gasteiger partial charge in [0.15, 0.2) is 0 Å². The maximum atomic E-state index is 13.4. The summed E-state index contributed by atoms with van der Waals surface area (Å²) in [4.78, 5) is 11.9. The van der Waals surface area contributed by atoms with Crippen molar-refractivity contribution in [1.29, 1.82) is 0 Å². The molecule has 2 aromatic rings. The van der Waals surface area contributed by atoms with Crippen LogP contribution in [0.4, 0.5) is 10.2 Å². The van der Waals surface area contributed by atoms with Crippen molar-refractivity contribution in [3.05, 3.63) is 47.4 Å². The number of nitrogens with one attached hydrogen (secondary N) is 1. The summed E-state index contributed by atoms with van der Waals surface area (Å²) in [6.07, 6.45) is 2.09. The van der Waals surface area contributed by atoms with Gasteiger partial charge in [-0.05, 0) is 31.5 Å². The molecule has 1 N–H and O–H groups in total. The molecule has 104 valence electrons. The van der Waals surface area contributed by atoms with Crippen LogP contribution in [0.1, 0.15) is 43.4 Å². The van der Waals surface area contributed by atoms with E-state index in [-0.39, 0.29) is 23.7 Å². The number of hydrogen-bond donors (Lipinski definition) is 1. The average molecular weight is 273 g/mol. The second-order valence-corrected chi connectivity index (χ2v) is 5.35. The maximum absolute atomic E-state index is 13.4. The van der Waals surface area contributed by atoms with Crippen LogP contribution in [0.15, 0.2) is 30.5 Å². The summed E-state index contributed by atoms with van der Waals surface area (Å²) in [6, 6.07) is 6.57. The highest BCUT2D eigenvalue weighted by Gasteiger charge is 2.30. The number of carbonyl (C=O) groups is 1. The molecule has 1 aliphatic heterocycles. The lowest BCUT2D eigenvalue weighted by Gasteiger charge is -2.24. The van der Waals surface area contributed by atoms with Crippen LogP contribution in [-0.4, -0.2) is 15.7 Å². The molecule has 1 aromatic heterocycles. The van der Waals surface area contributed by atoms with E-state index in [0.717, 1.165) is 16.9 Å². The van der Waals surface area contributed by atoms with E-state index in [9.17, 15) is 9.18 Å². The monoisotopic (exact) mass is 273 g/mol. The van der Waals surface area contributed by atoms with E-state index in [1.165, 1.54) is 12.1 Å². The predicted molar refractivity (Wildman–Crippen MR) is 74.1 cm³/mol. The molecule has 4 nitrogen and oxygen atoms in total. The second-order valence-electron chi connectivity index (χ2n) is 5.35. The van der Waals surface area contributed by atoms with Crippen molar-refractivity contribution in [2.75, 3.05) is 5.32 Å². The van der Waals surface area contributed by atoms with Crippen molar-refractivity contribution >= 4 is 11.7 Å². The molecule has 0 saturated heterocycles. The smallest absolute Gasteiger partial charge is 0.226 e. The highest BCUT2D eigenvalue weighted by atomic mass is 19.1. The lowest BCUT2D eigenvalue weighted by Crippen LogP contribution is -2.25. The lowest BCUT2D eigenvalue weighted by atomic mass is 9.87. The standard InChI is InChI=1S/C15H16FN3O/c1-9(2)19-15-13(8-17-19)12(7-14(20)18-15)10-4-3-5-11(16)6-10/h3-6,8-9,12H,7H2,1-2H3,(H,18,20)/t12-/m0/s1. The normalized spacial score (nSPS) is 18.0. The molecule has 20 heavy (non-hydrogen) atoms. The van der Waals surface area contributed by atoms with Crippen LogP contribution in [0.2, 0.25) is 0 Å². The third-order valence-electron chi connectivity index (χ3n) is 3.59. The molecule has 1 amide bonds. The Morgan fingerprint density at radius 1 is 1.45 bits per heavy atom. The van der Waals surface area contributed by atoms with Gasteiger partial charge in [-0.3, -0.25) is 4.79 Å². The van der Waals surface area contributed by atoms with E-state index < -0.39 is 0 Å². The van der Waals surface area contributed by atoms with E-state index in [0.29, 0.717) is 6.42 Å². The SMILES string of the molecule is CC(C)n1ncc2c1NC(=O)C[C@H]2c1cccc(F)c1. The predicted octanol–water partition coefficient (Wildman–Crippen LogP) is 3.08. The minimum Gasteiger partial charge on any atom is -0.311 e. The number of benzene rings is 1. The van der Waals surface area contributed by atoms with Crippen LogP contribution in [0.3, 0.4) is 0 Å². The quantitative estimate of drug-likeness (QED) is 0.914. The van der Waals surface area contributed by atoms with Gasteiger partial charge in [0.1, 0.15) is 11.6 Å². The Labute approximate surface area is 116 Å².